The predicted molar refractivity (Wildman–Crippen MR) is 75.5 cm³/mol. The maximum Gasteiger partial charge on any atom is 0.288 e. The number of benzene rings is 1. The summed E-state index contributed by atoms with van der Waals surface area (Å²) < 4.78 is 27.2. The van der Waals surface area contributed by atoms with Crippen LogP contribution in [-0.4, -0.2) is 15.4 Å². The number of aromatic nitrogens is 1. The Labute approximate surface area is 120 Å². The van der Waals surface area contributed by atoms with Crippen LogP contribution in [0.25, 0.3) is 5.69 Å². The minimum absolute atomic E-state index is 0.435. The molecule has 20 heavy (non-hydrogen) atoms. The molecular weight excluding hydrogens is 280 g/mol. The van der Waals surface area contributed by atoms with E-state index in [1.54, 1.807) is 12.1 Å². The van der Waals surface area contributed by atoms with Gasteiger partial charge in [0.15, 0.2) is 0 Å². The Bertz CT molecular complexity index is 612. The van der Waals surface area contributed by atoms with Gasteiger partial charge in [-0.15, -0.1) is 0 Å². The minimum atomic E-state index is -2.44. The van der Waals surface area contributed by atoms with E-state index < -0.39 is 11.9 Å². The first-order chi connectivity index (χ1) is 9.66. The van der Waals surface area contributed by atoms with Gasteiger partial charge in [-0.3, -0.25) is 0 Å². The van der Waals surface area contributed by atoms with Gasteiger partial charge in [0, 0.05) is 22.3 Å². The fourth-order valence-corrected chi connectivity index (χ4v) is 3.38. The molecule has 1 unspecified atom stereocenters. The highest BCUT2D eigenvalue weighted by atomic mass is 32.2. The lowest BCUT2D eigenvalue weighted by atomic mass is 9.95. The maximum absolute atomic E-state index is 12.7. The van der Waals surface area contributed by atoms with Crippen molar-refractivity contribution in [2.24, 2.45) is 0 Å². The summed E-state index contributed by atoms with van der Waals surface area (Å²) in [5.74, 6) is -2.44. The van der Waals surface area contributed by atoms with Crippen molar-refractivity contribution in [3.05, 3.63) is 47.8 Å². The van der Waals surface area contributed by atoms with Gasteiger partial charge < -0.3 is 9.67 Å². The van der Waals surface area contributed by atoms with Crippen LogP contribution < -0.4 is 0 Å². The lowest BCUT2D eigenvalue weighted by Crippen LogP contribution is -2.11. The van der Waals surface area contributed by atoms with E-state index >= 15 is 0 Å². The third-order valence-electron chi connectivity index (χ3n) is 3.62. The van der Waals surface area contributed by atoms with E-state index in [2.05, 4.69) is 0 Å². The summed E-state index contributed by atoms with van der Waals surface area (Å²) in [5, 5.41) is 10.00. The van der Waals surface area contributed by atoms with E-state index in [1.165, 1.54) is 0 Å². The van der Waals surface area contributed by atoms with Crippen molar-refractivity contribution >= 4 is 11.8 Å². The number of hydrogen-bond acceptors (Lipinski definition) is 2. The van der Waals surface area contributed by atoms with Crippen LogP contribution in [0.1, 0.15) is 30.2 Å². The van der Waals surface area contributed by atoms with Crippen LogP contribution in [0.2, 0.25) is 0 Å². The van der Waals surface area contributed by atoms with Gasteiger partial charge in [0.25, 0.3) is 5.76 Å². The van der Waals surface area contributed by atoms with E-state index in [0.717, 1.165) is 36.2 Å². The van der Waals surface area contributed by atoms with Crippen LogP contribution in [0.3, 0.4) is 0 Å². The molecule has 0 amide bonds. The van der Waals surface area contributed by atoms with Crippen LogP contribution in [-0.2, 0) is 6.42 Å². The topological polar surface area (TPSA) is 25.2 Å². The predicted octanol–water partition coefficient (Wildman–Crippen LogP) is 4.16. The van der Waals surface area contributed by atoms with Crippen molar-refractivity contribution in [3.8, 4) is 5.69 Å². The second-order valence-corrected chi connectivity index (χ2v) is 5.87. The molecule has 0 radical (unpaired) electrons. The zero-order valence-corrected chi connectivity index (χ0v) is 11.6. The van der Waals surface area contributed by atoms with Crippen LogP contribution in [0.5, 0.6) is 0 Å². The number of para-hydroxylation sites is 1. The lowest BCUT2D eigenvalue weighted by molar-refractivity contribution is 0.156. The fourth-order valence-electron chi connectivity index (χ4n) is 2.74. The zero-order valence-electron chi connectivity index (χ0n) is 10.8. The van der Waals surface area contributed by atoms with E-state index in [1.807, 2.05) is 29.0 Å². The monoisotopic (exact) mass is 295 g/mol. The highest BCUT2D eigenvalue weighted by Gasteiger charge is 2.22. The standard InChI is InChI=1S/C15H15F2NOS/c16-15(17)20-14-7-2-1-4-12(14)18-9-8-10-11(18)5-3-6-13(10)19/h1-2,4,7-9,13,15,19H,3,5-6H2. The first-order valence-electron chi connectivity index (χ1n) is 6.59. The summed E-state index contributed by atoms with van der Waals surface area (Å²) in [7, 11) is 0. The van der Waals surface area contributed by atoms with Crippen molar-refractivity contribution < 1.29 is 13.9 Å². The van der Waals surface area contributed by atoms with Crippen molar-refractivity contribution in [1.29, 1.82) is 0 Å². The summed E-state index contributed by atoms with van der Waals surface area (Å²) in [6, 6.07) is 9.04. The molecular formula is C15H15F2NOS. The average molecular weight is 295 g/mol. The number of rotatable bonds is 3. The molecule has 1 heterocycles. The summed E-state index contributed by atoms with van der Waals surface area (Å²) >= 11 is 0.558. The van der Waals surface area contributed by atoms with Crippen LogP contribution in [0.15, 0.2) is 41.4 Å². The summed E-state index contributed by atoms with van der Waals surface area (Å²) in [5.41, 5.74) is 2.72. The Balaban J connectivity index is 2.06. The van der Waals surface area contributed by atoms with E-state index in [9.17, 15) is 13.9 Å². The molecule has 106 valence electrons. The molecule has 0 saturated carbocycles. The first kappa shape index (κ1) is 13.6. The first-order valence-corrected chi connectivity index (χ1v) is 7.47. The average Bonchev–Trinajstić information content (AvgIpc) is 2.84. The molecule has 1 atom stereocenters. The Kier molecular flexibility index (Phi) is 3.81. The summed E-state index contributed by atoms with van der Waals surface area (Å²) in [6.07, 6.45) is 3.99. The zero-order chi connectivity index (χ0) is 14.1. The Morgan fingerprint density at radius 2 is 2.05 bits per heavy atom. The van der Waals surface area contributed by atoms with E-state index in [-0.39, 0.29) is 0 Å². The Morgan fingerprint density at radius 1 is 1.25 bits per heavy atom. The number of alkyl halides is 2. The largest absolute Gasteiger partial charge is 0.388 e. The molecule has 2 nitrogen and oxygen atoms in total. The van der Waals surface area contributed by atoms with Gasteiger partial charge in [0.1, 0.15) is 0 Å². The van der Waals surface area contributed by atoms with Gasteiger partial charge >= 0.3 is 0 Å². The van der Waals surface area contributed by atoms with Crippen molar-refractivity contribution in [2.45, 2.75) is 36.0 Å². The molecule has 0 spiro atoms. The minimum Gasteiger partial charge on any atom is -0.388 e. The number of aliphatic hydroxyl groups excluding tert-OH is 1. The van der Waals surface area contributed by atoms with E-state index in [0.29, 0.717) is 16.7 Å². The molecule has 0 fully saturated rings. The van der Waals surface area contributed by atoms with E-state index in [4.69, 9.17) is 0 Å². The number of aliphatic hydroxyl groups is 1. The molecule has 1 aliphatic carbocycles. The second kappa shape index (κ2) is 5.58. The molecule has 1 aliphatic rings. The van der Waals surface area contributed by atoms with Gasteiger partial charge in [-0.1, -0.05) is 23.9 Å². The van der Waals surface area contributed by atoms with Crippen LogP contribution in [0.4, 0.5) is 8.78 Å². The molecule has 2 aromatic rings. The van der Waals surface area contributed by atoms with Crippen molar-refractivity contribution in [1.82, 2.24) is 4.57 Å². The molecule has 3 rings (SSSR count). The quantitative estimate of drug-likeness (QED) is 0.860. The van der Waals surface area contributed by atoms with Gasteiger partial charge in [0.2, 0.25) is 0 Å². The van der Waals surface area contributed by atoms with Gasteiger partial charge in [-0.25, -0.2) is 0 Å². The molecule has 1 aromatic carbocycles. The Morgan fingerprint density at radius 3 is 2.85 bits per heavy atom. The molecule has 0 saturated heterocycles. The van der Waals surface area contributed by atoms with Crippen molar-refractivity contribution in [2.75, 3.05) is 0 Å². The molecule has 1 N–H and O–H groups in total. The fraction of sp³-hybridized carbons (Fsp3) is 0.333. The second-order valence-electron chi connectivity index (χ2n) is 4.84. The number of nitrogens with zero attached hydrogens (tertiary/aromatic N) is 1. The normalized spacial score (nSPS) is 18.3. The smallest absolute Gasteiger partial charge is 0.288 e. The van der Waals surface area contributed by atoms with Gasteiger partial charge in [0.05, 0.1) is 11.8 Å². The van der Waals surface area contributed by atoms with Crippen LogP contribution in [0, 0.1) is 0 Å². The third-order valence-corrected chi connectivity index (χ3v) is 4.40. The molecule has 1 aromatic heterocycles. The summed E-state index contributed by atoms with van der Waals surface area (Å²) in [6.45, 7) is 0. The van der Waals surface area contributed by atoms with Gasteiger partial charge in [-0.05, 0) is 37.5 Å². The maximum atomic E-state index is 12.7. The number of hydrogen-bond donors (Lipinski definition) is 1. The van der Waals surface area contributed by atoms with Crippen LogP contribution >= 0.6 is 11.8 Å². The van der Waals surface area contributed by atoms with Gasteiger partial charge in [-0.2, -0.15) is 8.78 Å². The molecule has 0 aliphatic heterocycles. The number of halogens is 2. The molecule has 5 heteroatoms. The number of fused-ring (bicyclic) bond motifs is 1. The Hall–Kier alpha value is -1.33. The third kappa shape index (κ3) is 2.47. The highest BCUT2D eigenvalue weighted by molar-refractivity contribution is 7.99. The lowest BCUT2D eigenvalue weighted by Gasteiger charge is -2.21. The SMILES string of the molecule is OC1CCCc2c1ccn2-c1ccccc1SC(F)F. The number of thioether (sulfide) groups is 1. The van der Waals surface area contributed by atoms with Crippen molar-refractivity contribution in [3.63, 3.8) is 0 Å². The molecule has 0 bridgehead atoms. The highest BCUT2D eigenvalue weighted by Crippen LogP contribution is 2.36. The summed E-state index contributed by atoms with van der Waals surface area (Å²) in [4.78, 5) is 0.556.